The molecule has 4 N–H and O–H groups in total. The van der Waals surface area contributed by atoms with E-state index in [9.17, 15) is 9.18 Å². The first-order chi connectivity index (χ1) is 9.51. The molecule has 1 amide bonds. The summed E-state index contributed by atoms with van der Waals surface area (Å²) in [6, 6.07) is 5.49. The summed E-state index contributed by atoms with van der Waals surface area (Å²) in [6.07, 6.45) is 0. The van der Waals surface area contributed by atoms with Gasteiger partial charge in [-0.2, -0.15) is 0 Å². The van der Waals surface area contributed by atoms with Gasteiger partial charge in [-0.05, 0) is 40.2 Å². The number of halogens is 2. The number of oxime groups is 1. The van der Waals surface area contributed by atoms with Gasteiger partial charge in [0.25, 0.3) is 5.91 Å². The number of amides is 1. The monoisotopic (exact) mass is 357 g/mol. The molecule has 1 aromatic carbocycles. The summed E-state index contributed by atoms with van der Waals surface area (Å²) < 4.78 is 14.3. The molecule has 0 fully saturated rings. The van der Waals surface area contributed by atoms with Gasteiger partial charge in [-0.25, -0.2) is 4.39 Å². The third kappa shape index (κ3) is 3.14. The molecule has 2 aromatic rings. The van der Waals surface area contributed by atoms with Crippen molar-refractivity contribution in [2.45, 2.75) is 0 Å². The van der Waals surface area contributed by atoms with Gasteiger partial charge in [0.2, 0.25) is 0 Å². The minimum absolute atomic E-state index is 0.0863. The topological polar surface area (TPSA) is 87.7 Å². The lowest BCUT2D eigenvalue weighted by Crippen LogP contribution is -2.16. The lowest BCUT2D eigenvalue weighted by atomic mass is 10.1. The summed E-state index contributed by atoms with van der Waals surface area (Å²) in [5.74, 6) is -1.34. The average Bonchev–Trinajstić information content (AvgIpc) is 2.87. The predicted molar refractivity (Wildman–Crippen MR) is 78.9 cm³/mol. The summed E-state index contributed by atoms with van der Waals surface area (Å²) in [7, 11) is 0. The van der Waals surface area contributed by atoms with Crippen LogP contribution in [0.25, 0.3) is 0 Å². The second-order valence-electron chi connectivity index (χ2n) is 3.77. The van der Waals surface area contributed by atoms with Gasteiger partial charge in [0.1, 0.15) is 5.82 Å². The number of hydrogen-bond donors (Lipinski definition) is 3. The zero-order valence-corrected chi connectivity index (χ0v) is 12.3. The van der Waals surface area contributed by atoms with Gasteiger partial charge in [-0.1, -0.05) is 5.16 Å². The Bertz CT molecular complexity index is 687. The van der Waals surface area contributed by atoms with Crippen LogP contribution < -0.4 is 11.1 Å². The molecule has 0 spiro atoms. The summed E-state index contributed by atoms with van der Waals surface area (Å²) in [5, 5.41) is 15.6. The van der Waals surface area contributed by atoms with Crippen LogP contribution in [0.15, 0.2) is 38.6 Å². The normalized spacial score (nSPS) is 11.4. The zero-order valence-electron chi connectivity index (χ0n) is 9.93. The van der Waals surface area contributed by atoms with Crippen LogP contribution in [-0.2, 0) is 0 Å². The molecule has 20 heavy (non-hydrogen) atoms. The van der Waals surface area contributed by atoms with Crippen molar-refractivity contribution in [3.8, 4) is 0 Å². The number of nitrogens with two attached hydrogens (primary N) is 1. The highest BCUT2D eigenvalue weighted by molar-refractivity contribution is 9.11. The van der Waals surface area contributed by atoms with Crippen molar-refractivity contribution in [2.75, 3.05) is 5.32 Å². The minimum Gasteiger partial charge on any atom is -0.409 e. The van der Waals surface area contributed by atoms with Gasteiger partial charge in [-0.15, -0.1) is 11.3 Å². The number of nitrogens with one attached hydrogen (secondary N) is 1. The van der Waals surface area contributed by atoms with E-state index in [-0.39, 0.29) is 17.3 Å². The molecule has 5 nitrogen and oxygen atoms in total. The van der Waals surface area contributed by atoms with Gasteiger partial charge in [-0.3, -0.25) is 4.79 Å². The SMILES string of the molecule is N/C(=N/O)c1cc(NC(=O)c2csc(Br)c2)ccc1F. The second kappa shape index (κ2) is 6.02. The molecule has 104 valence electrons. The largest absolute Gasteiger partial charge is 0.409 e. The number of hydrogen-bond acceptors (Lipinski definition) is 4. The van der Waals surface area contributed by atoms with Crippen LogP contribution in [0.5, 0.6) is 0 Å². The lowest BCUT2D eigenvalue weighted by Gasteiger charge is -2.07. The molecule has 0 radical (unpaired) electrons. The maximum absolute atomic E-state index is 13.5. The van der Waals surface area contributed by atoms with Crippen molar-refractivity contribution in [1.29, 1.82) is 0 Å². The molecule has 0 aliphatic heterocycles. The summed E-state index contributed by atoms with van der Waals surface area (Å²) in [5.41, 5.74) is 6.10. The van der Waals surface area contributed by atoms with Gasteiger partial charge < -0.3 is 16.3 Å². The molecule has 0 atom stereocenters. The lowest BCUT2D eigenvalue weighted by molar-refractivity contribution is 0.102. The fourth-order valence-corrected chi connectivity index (χ4v) is 2.62. The van der Waals surface area contributed by atoms with E-state index in [4.69, 9.17) is 10.9 Å². The number of anilines is 1. The average molecular weight is 358 g/mol. The van der Waals surface area contributed by atoms with E-state index < -0.39 is 5.82 Å². The summed E-state index contributed by atoms with van der Waals surface area (Å²) in [4.78, 5) is 11.9. The second-order valence-corrected chi connectivity index (χ2v) is 6.06. The fourth-order valence-electron chi connectivity index (χ4n) is 1.49. The third-order valence-electron chi connectivity index (χ3n) is 2.44. The van der Waals surface area contributed by atoms with E-state index in [0.29, 0.717) is 11.3 Å². The highest BCUT2D eigenvalue weighted by Gasteiger charge is 2.12. The van der Waals surface area contributed by atoms with Crippen LogP contribution in [0.2, 0.25) is 0 Å². The van der Waals surface area contributed by atoms with Crippen LogP contribution >= 0.6 is 27.3 Å². The Labute approximate surface area is 126 Å². The minimum atomic E-state index is -0.642. The third-order valence-corrected chi connectivity index (χ3v) is 3.94. The van der Waals surface area contributed by atoms with Crippen LogP contribution in [0.1, 0.15) is 15.9 Å². The van der Waals surface area contributed by atoms with E-state index >= 15 is 0 Å². The molecule has 1 heterocycles. The van der Waals surface area contributed by atoms with Crippen LogP contribution in [0.3, 0.4) is 0 Å². The molecule has 0 saturated heterocycles. The van der Waals surface area contributed by atoms with Crippen molar-refractivity contribution in [3.05, 3.63) is 50.4 Å². The van der Waals surface area contributed by atoms with E-state index in [1.165, 1.54) is 23.5 Å². The Kier molecular flexibility index (Phi) is 4.35. The number of thiophene rings is 1. The maximum atomic E-state index is 13.5. The standard InChI is InChI=1S/C12H9BrFN3O2S/c13-10-3-6(5-20-10)12(18)16-7-1-2-9(14)8(4-7)11(15)17-19/h1-5,19H,(H2,15,17)(H,16,18). The highest BCUT2D eigenvalue weighted by atomic mass is 79.9. The first-order valence-electron chi connectivity index (χ1n) is 5.34. The molecule has 0 bridgehead atoms. The van der Waals surface area contributed by atoms with E-state index in [0.717, 1.165) is 9.85 Å². The quantitative estimate of drug-likeness (QED) is 0.341. The van der Waals surface area contributed by atoms with Gasteiger partial charge in [0, 0.05) is 11.1 Å². The van der Waals surface area contributed by atoms with Crippen molar-refractivity contribution < 1.29 is 14.4 Å². The van der Waals surface area contributed by atoms with Crippen molar-refractivity contribution in [3.63, 3.8) is 0 Å². The molecule has 0 unspecified atom stereocenters. The fraction of sp³-hybridized carbons (Fsp3) is 0. The van der Waals surface area contributed by atoms with E-state index in [1.807, 2.05) is 0 Å². The molecular formula is C12H9BrFN3O2S. The van der Waals surface area contributed by atoms with Crippen LogP contribution in [0.4, 0.5) is 10.1 Å². The van der Waals surface area contributed by atoms with Crippen LogP contribution in [-0.4, -0.2) is 17.0 Å². The molecule has 8 heteroatoms. The number of benzene rings is 1. The molecule has 2 rings (SSSR count). The summed E-state index contributed by atoms with van der Waals surface area (Å²) >= 11 is 4.65. The molecule has 0 saturated carbocycles. The summed E-state index contributed by atoms with van der Waals surface area (Å²) in [6.45, 7) is 0. The zero-order chi connectivity index (χ0) is 14.7. The Morgan fingerprint density at radius 1 is 1.45 bits per heavy atom. The number of carbonyl (C=O) groups excluding carboxylic acids is 1. The van der Waals surface area contributed by atoms with Crippen LogP contribution in [0, 0.1) is 5.82 Å². The van der Waals surface area contributed by atoms with Crippen molar-refractivity contribution in [2.24, 2.45) is 10.9 Å². The number of amidine groups is 1. The number of nitrogens with zero attached hydrogens (tertiary/aromatic N) is 1. The molecule has 0 aliphatic carbocycles. The van der Waals surface area contributed by atoms with Gasteiger partial charge in [0.15, 0.2) is 5.84 Å². The van der Waals surface area contributed by atoms with Gasteiger partial charge in [0.05, 0.1) is 14.9 Å². The van der Waals surface area contributed by atoms with Gasteiger partial charge >= 0.3 is 0 Å². The highest BCUT2D eigenvalue weighted by Crippen LogP contribution is 2.22. The van der Waals surface area contributed by atoms with E-state index in [1.54, 1.807) is 11.4 Å². The number of rotatable bonds is 3. The Morgan fingerprint density at radius 3 is 2.80 bits per heavy atom. The predicted octanol–water partition coefficient (Wildman–Crippen LogP) is 3.00. The molecular weight excluding hydrogens is 349 g/mol. The first kappa shape index (κ1) is 14.5. The Morgan fingerprint density at radius 2 is 2.20 bits per heavy atom. The van der Waals surface area contributed by atoms with Crippen molar-refractivity contribution >= 4 is 44.7 Å². The molecule has 1 aromatic heterocycles. The maximum Gasteiger partial charge on any atom is 0.256 e. The Hall–Kier alpha value is -1.93. The smallest absolute Gasteiger partial charge is 0.256 e. The molecule has 0 aliphatic rings. The van der Waals surface area contributed by atoms with Crippen molar-refractivity contribution in [1.82, 2.24) is 0 Å². The number of carbonyl (C=O) groups is 1. The first-order valence-corrected chi connectivity index (χ1v) is 7.01. The Balaban J connectivity index is 2.24. The van der Waals surface area contributed by atoms with E-state index in [2.05, 4.69) is 26.4 Å².